The van der Waals surface area contributed by atoms with E-state index in [0.29, 0.717) is 0 Å². The number of hydrogen-bond donors (Lipinski definition) is 5. The van der Waals surface area contributed by atoms with Crippen LogP contribution in [0.3, 0.4) is 0 Å². The molecule has 0 aromatic carbocycles. The molecule has 0 saturated carbocycles. The molecular formula is C10H18NO9S-. The number of amides is 1. The third-order valence-electron chi connectivity index (χ3n) is 2.82. The summed E-state index contributed by atoms with van der Waals surface area (Å²) in [5.74, 6) is -0.0962. The lowest BCUT2D eigenvalue weighted by atomic mass is 9.99. The van der Waals surface area contributed by atoms with Crippen molar-refractivity contribution < 1.29 is 43.5 Å². The second kappa shape index (κ2) is 8.58. The Morgan fingerprint density at radius 1 is 1.24 bits per heavy atom. The molecule has 0 aromatic heterocycles. The summed E-state index contributed by atoms with van der Waals surface area (Å²) in [4.78, 5) is 11.3. The molecular weight excluding hydrogens is 310 g/mol. The fraction of sp³-hybridized carbons (Fsp3) is 0.900. The van der Waals surface area contributed by atoms with E-state index < -0.39 is 54.5 Å². The van der Waals surface area contributed by atoms with E-state index in [1.807, 2.05) is 0 Å². The van der Waals surface area contributed by atoms with Crippen molar-refractivity contribution >= 4 is 17.2 Å². The van der Waals surface area contributed by atoms with Crippen LogP contribution in [-0.4, -0.2) is 84.9 Å². The van der Waals surface area contributed by atoms with Crippen molar-refractivity contribution in [2.75, 3.05) is 18.9 Å². The van der Waals surface area contributed by atoms with E-state index in [1.165, 1.54) is 0 Å². The number of aliphatic hydroxyl groups excluding tert-OH is 4. The molecule has 1 aliphatic rings. The van der Waals surface area contributed by atoms with Crippen molar-refractivity contribution in [2.24, 2.45) is 0 Å². The van der Waals surface area contributed by atoms with Gasteiger partial charge in [-0.05, 0) is 6.42 Å². The number of carbonyl (C=O) groups excluding carboxylic acids is 1. The molecule has 1 aliphatic heterocycles. The number of aliphatic hydroxyl groups is 4. The van der Waals surface area contributed by atoms with Gasteiger partial charge in [-0.3, -0.25) is 4.21 Å². The minimum Gasteiger partial charge on any atom is -0.772 e. The fourth-order valence-electron chi connectivity index (χ4n) is 1.66. The van der Waals surface area contributed by atoms with Crippen LogP contribution in [0.1, 0.15) is 6.42 Å². The molecule has 11 heteroatoms. The van der Waals surface area contributed by atoms with Crippen LogP contribution in [0.4, 0.5) is 4.79 Å². The van der Waals surface area contributed by atoms with Crippen LogP contribution in [0.2, 0.25) is 0 Å². The van der Waals surface area contributed by atoms with Gasteiger partial charge in [-0.25, -0.2) is 4.79 Å². The Labute approximate surface area is 123 Å². The molecule has 6 atom stereocenters. The highest BCUT2D eigenvalue weighted by atomic mass is 32.2. The Balaban J connectivity index is 2.27. The molecule has 1 rings (SSSR count). The van der Waals surface area contributed by atoms with Gasteiger partial charge in [0.2, 0.25) is 0 Å². The van der Waals surface area contributed by atoms with Gasteiger partial charge in [-0.1, -0.05) is 11.1 Å². The maximum absolute atomic E-state index is 11.3. The van der Waals surface area contributed by atoms with Crippen molar-refractivity contribution in [1.82, 2.24) is 5.32 Å². The van der Waals surface area contributed by atoms with Gasteiger partial charge >= 0.3 is 6.09 Å². The molecule has 5 N–H and O–H groups in total. The zero-order valence-electron chi connectivity index (χ0n) is 11.0. The second-order valence-corrected chi connectivity index (χ2v) is 5.44. The lowest BCUT2D eigenvalue weighted by Gasteiger charge is -2.37. The highest BCUT2D eigenvalue weighted by Gasteiger charge is 2.43. The quantitative estimate of drug-likeness (QED) is 0.249. The smallest absolute Gasteiger partial charge is 0.407 e. The van der Waals surface area contributed by atoms with Gasteiger partial charge in [-0.15, -0.1) is 0 Å². The van der Waals surface area contributed by atoms with Crippen LogP contribution >= 0.6 is 0 Å². The summed E-state index contributed by atoms with van der Waals surface area (Å²) in [7, 11) is 0. The summed E-state index contributed by atoms with van der Waals surface area (Å²) >= 11 is -2.18. The van der Waals surface area contributed by atoms with Gasteiger partial charge in [0.15, 0.2) is 6.29 Å². The molecule has 1 amide bonds. The second-order valence-electron chi connectivity index (χ2n) is 4.42. The number of nitrogens with one attached hydrogen (secondary N) is 1. The molecule has 124 valence electrons. The van der Waals surface area contributed by atoms with E-state index in [1.54, 1.807) is 0 Å². The van der Waals surface area contributed by atoms with Crippen molar-refractivity contribution in [3.63, 3.8) is 0 Å². The van der Waals surface area contributed by atoms with Gasteiger partial charge < -0.3 is 39.8 Å². The van der Waals surface area contributed by atoms with E-state index in [2.05, 4.69) is 5.32 Å². The maximum Gasteiger partial charge on any atom is 0.407 e. The molecule has 0 bridgehead atoms. The summed E-state index contributed by atoms with van der Waals surface area (Å²) < 4.78 is 30.0. The van der Waals surface area contributed by atoms with Gasteiger partial charge in [0.05, 0.1) is 0 Å². The monoisotopic (exact) mass is 328 g/mol. The lowest BCUT2D eigenvalue weighted by molar-refractivity contribution is -0.286. The van der Waals surface area contributed by atoms with Gasteiger partial charge in [0, 0.05) is 12.3 Å². The molecule has 0 radical (unpaired) electrons. The Morgan fingerprint density at radius 3 is 2.52 bits per heavy atom. The highest BCUT2D eigenvalue weighted by Crippen LogP contribution is 2.19. The molecule has 0 spiro atoms. The summed E-state index contributed by atoms with van der Waals surface area (Å²) in [5, 5.41) is 39.8. The third-order valence-corrected chi connectivity index (χ3v) is 3.44. The summed E-state index contributed by atoms with van der Waals surface area (Å²) in [6, 6.07) is 0. The number of ether oxygens (including phenoxy) is 2. The van der Waals surface area contributed by atoms with E-state index in [4.69, 9.17) is 9.47 Å². The third kappa shape index (κ3) is 5.82. The Kier molecular flexibility index (Phi) is 7.45. The number of hydrogen-bond acceptors (Lipinski definition) is 9. The number of rotatable bonds is 6. The average molecular weight is 328 g/mol. The summed E-state index contributed by atoms with van der Waals surface area (Å²) in [5.41, 5.74) is 0. The zero-order valence-corrected chi connectivity index (χ0v) is 11.8. The Hall–Kier alpha value is -0.820. The van der Waals surface area contributed by atoms with Gasteiger partial charge in [0.1, 0.15) is 31.0 Å². The van der Waals surface area contributed by atoms with Crippen LogP contribution < -0.4 is 5.32 Å². The summed E-state index contributed by atoms with van der Waals surface area (Å²) in [6.45, 7) is -0.369. The molecule has 10 nitrogen and oxygen atoms in total. The van der Waals surface area contributed by atoms with Crippen LogP contribution in [-0.2, 0) is 20.6 Å². The van der Waals surface area contributed by atoms with Gasteiger partial charge in [-0.2, -0.15) is 0 Å². The van der Waals surface area contributed by atoms with Crippen LogP contribution in [0.5, 0.6) is 0 Å². The van der Waals surface area contributed by atoms with Gasteiger partial charge in [0.25, 0.3) is 0 Å². The highest BCUT2D eigenvalue weighted by molar-refractivity contribution is 7.79. The maximum atomic E-state index is 11.3. The SMILES string of the molecule is O=C(NCCCS(=O)[O-])OC[C@H]1OC(O)[C@H](O)[C@@H](O)[C@@H]1O. The van der Waals surface area contributed by atoms with E-state index in [-0.39, 0.29) is 18.7 Å². The molecule has 0 aliphatic carbocycles. The first-order chi connectivity index (χ1) is 9.82. The van der Waals surface area contributed by atoms with Crippen LogP contribution in [0.15, 0.2) is 0 Å². The molecule has 2 unspecified atom stereocenters. The van der Waals surface area contributed by atoms with Crippen LogP contribution in [0.25, 0.3) is 0 Å². The first kappa shape index (κ1) is 18.2. The Bertz CT molecular complexity index is 368. The lowest BCUT2D eigenvalue weighted by Crippen LogP contribution is -2.58. The first-order valence-electron chi connectivity index (χ1n) is 6.17. The van der Waals surface area contributed by atoms with E-state index in [0.717, 1.165) is 0 Å². The average Bonchev–Trinajstić information content (AvgIpc) is 2.43. The largest absolute Gasteiger partial charge is 0.772 e. The normalized spacial score (nSPS) is 34.2. The van der Waals surface area contributed by atoms with Crippen molar-refractivity contribution in [2.45, 2.75) is 37.1 Å². The minimum absolute atomic E-state index is 0.0881. The molecule has 1 heterocycles. The van der Waals surface area contributed by atoms with Crippen molar-refractivity contribution in [3.05, 3.63) is 0 Å². The van der Waals surface area contributed by atoms with Crippen molar-refractivity contribution in [1.29, 1.82) is 0 Å². The predicted octanol–water partition coefficient (Wildman–Crippen LogP) is -3.22. The summed E-state index contributed by atoms with van der Waals surface area (Å²) in [6.07, 6.45) is -8.35. The molecule has 0 aromatic rings. The Morgan fingerprint density at radius 2 is 1.90 bits per heavy atom. The zero-order chi connectivity index (χ0) is 16.0. The van der Waals surface area contributed by atoms with E-state index in [9.17, 15) is 34.0 Å². The number of carbonyl (C=O) groups is 1. The molecule has 1 fully saturated rings. The topological polar surface area (TPSA) is 169 Å². The standard InChI is InChI=1S/C10H19NO9S/c12-6-5(20-9(15)8(14)7(6)13)4-19-10(16)11-2-1-3-21(17)18/h5-9,12-15H,1-4H2,(H,11,16)(H,17,18)/p-1/t5-,6-,7+,8-,9?/m1/s1. The minimum atomic E-state index is -2.18. The fourth-order valence-corrected chi connectivity index (χ4v) is 2.04. The number of alkyl carbamates (subject to hydrolysis) is 1. The molecule has 21 heavy (non-hydrogen) atoms. The van der Waals surface area contributed by atoms with E-state index >= 15 is 0 Å². The first-order valence-corrected chi connectivity index (χ1v) is 7.41. The van der Waals surface area contributed by atoms with Crippen molar-refractivity contribution in [3.8, 4) is 0 Å². The molecule has 1 saturated heterocycles. The predicted molar refractivity (Wildman–Crippen MR) is 66.7 cm³/mol. The van der Waals surface area contributed by atoms with Crippen LogP contribution in [0, 0.1) is 0 Å².